The maximum Gasteiger partial charge on any atom is 0.150 e. The topological polar surface area (TPSA) is 43.4 Å². The Morgan fingerprint density at radius 3 is 2.30 bits per heavy atom. The zero-order chi connectivity index (χ0) is 19.1. The molecule has 2 aromatic rings. The predicted molar refractivity (Wildman–Crippen MR) is 101 cm³/mol. The highest BCUT2D eigenvalue weighted by Crippen LogP contribution is 2.45. The molecule has 0 aliphatic heterocycles. The lowest BCUT2D eigenvalue weighted by molar-refractivity contribution is -0.135. The van der Waals surface area contributed by atoms with Crippen molar-refractivity contribution >= 4 is 23.2 Å². The largest absolute Gasteiger partial charge is 0.457 e. The third-order valence-electron chi connectivity index (χ3n) is 5.74. The fourth-order valence-corrected chi connectivity index (χ4v) is 4.49. The number of benzene rings is 2. The Morgan fingerprint density at radius 2 is 1.67 bits per heavy atom. The van der Waals surface area contributed by atoms with E-state index in [-0.39, 0.29) is 28.4 Å². The normalized spacial score (nSPS) is 24.3. The molecule has 2 bridgehead atoms. The van der Waals surface area contributed by atoms with E-state index < -0.39 is 11.7 Å². The first-order valence-corrected chi connectivity index (χ1v) is 9.69. The van der Waals surface area contributed by atoms with E-state index in [0.717, 1.165) is 30.4 Å². The Bertz CT molecular complexity index is 902. The zero-order valence-corrected chi connectivity index (χ0v) is 15.8. The fraction of sp³-hybridized carbons (Fsp3) is 0.364. The molecule has 0 radical (unpaired) electrons. The predicted octanol–water partition coefficient (Wildman–Crippen LogP) is 5.49. The Labute approximate surface area is 162 Å². The average molecular weight is 387 g/mol. The van der Waals surface area contributed by atoms with Crippen LogP contribution in [0.15, 0.2) is 36.4 Å². The molecule has 2 saturated carbocycles. The smallest absolute Gasteiger partial charge is 0.150 e. The van der Waals surface area contributed by atoms with Crippen LogP contribution in [0.4, 0.5) is 4.39 Å². The lowest BCUT2D eigenvalue weighted by Crippen LogP contribution is -2.35. The number of halogens is 2. The fourth-order valence-electron chi connectivity index (χ4n) is 4.32. The summed E-state index contributed by atoms with van der Waals surface area (Å²) in [6, 6.07) is 9.61. The third-order valence-corrected chi connectivity index (χ3v) is 6.03. The molecule has 1 unspecified atom stereocenters. The molecule has 0 saturated heterocycles. The summed E-state index contributed by atoms with van der Waals surface area (Å²) in [4.78, 5) is 25.8. The van der Waals surface area contributed by atoms with Crippen LogP contribution in [0, 0.1) is 17.7 Å². The molecule has 0 heterocycles. The number of hydrogen-bond donors (Lipinski definition) is 0. The summed E-state index contributed by atoms with van der Waals surface area (Å²) in [6.07, 6.45) is 3.07. The minimum absolute atomic E-state index is 0.00267. The minimum Gasteiger partial charge on any atom is -0.457 e. The number of hydrogen-bond acceptors (Lipinski definition) is 3. The Morgan fingerprint density at radius 1 is 1.04 bits per heavy atom. The highest BCUT2D eigenvalue weighted by atomic mass is 35.5. The number of ether oxygens (including phenoxy) is 1. The SMILES string of the molecule is CCc1ccc(Oc2ccc(F)c(Cl)c2)cc1C1C(=O)[C@@H]2CC[C@@H](C2)C1=O. The van der Waals surface area contributed by atoms with Crippen LogP contribution in [0.1, 0.15) is 43.2 Å². The van der Waals surface area contributed by atoms with Crippen LogP contribution in [0.25, 0.3) is 0 Å². The maximum atomic E-state index is 13.3. The van der Waals surface area contributed by atoms with E-state index in [1.807, 2.05) is 13.0 Å². The van der Waals surface area contributed by atoms with Crippen molar-refractivity contribution in [1.82, 2.24) is 0 Å². The van der Waals surface area contributed by atoms with Gasteiger partial charge in [-0.2, -0.15) is 0 Å². The van der Waals surface area contributed by atoms with E-state index in [9.17, 15) is 14.0 Å². The Kier molecular flexibility index (Phi) is 4.77. The van der Waals surface area contributed by atoms with Crippen LogP contribution in [0.2, 0.25) is 5.02 Å². The summed E-state index contributed by atoms with van der Waals surface area (Å²) < 4.78 is 19.2. The van der Waals surface area contributed by atoms with Crippen molar-refractivity contribution < 1.29 is 18.7 Å². The highest BCUT2D eigenvalue weighted by molar-refractivity contribution is 6.30. The van der Waals surface area contributed by atoms with Crippen LogP contribution in [-0.2, 0) is 16.0 Å². The molecule has 2 aliphatic carbocycles. The van der Waals surface area contributed by atoms with Gasteiger partial charge >= 0.3 is 0 Å². The van der Waals surface area contributed by atoms with E-state index in [4.69, 9.17) is 16.3 Å². The van der Waals surface area contributed by atoms with E-state index in [0.29, 0.717) is 17.9 Å². The monoisotopic (exact) mass is 386 g/mol. The van der Waals surface area contributed by atoms with Gasteiger partial charge in [-0.1, -0.05) is 24.6 Å². The van der Waals surface area contributed by atoms with Gasteiger partial charge in [0, 0.05) is 17.9 Å². The molecule has 2 fully saturated rings. The minimum atomic E-state index is -0.688. The van der Waals surface area contributed by atoms with Gasteiger partial charge in [0.05, 0.1) is 5.02 Å². The Hall–Kier alpha value is -2.20. The van der Waals surface area contributed by atoms with Crippen LogP contribution in [0.3, 0.4) is 0 Å². The van der Waals surface area contributed by atoms with Gasteiger partial charge < -0.3 is 4.74 Å². The first-order valence-electron chi connectivity index (χ1n) is 9.31. The molecule has 0 amide bonds. The lowest BCUT2D eigenvalue weighted by atomic mass is 9.74. The summed E-state index contributed by atoms with van der Waals surface area (Å²) in [7, 11) is 0. The van der Waals surface area contributed by atoms with E-state index in [1.165, 1.54) is 18.2 Å². The van der Waals surface area contributed by atoms with Gasteiger partial charge in [-0.25, -0.2) is 4.39 Å². The van der Waals surface area contributed by atoms with Gasteiger partial charge in [-0.05, 0) is 61.1 Å². The molecule has 3 atom stereocenters. The molecule has 0 aromatic heterocycles. The maximum absolute atomic E-state index is 13.3. The number of rotatable bonds is 4. The van der Waals surface area contributed by atoms with Gasteiger partial charge in [-0.3, -0.25) is 9.59 Å². The molecular formula is C22H20ClFO3. The second-order valence-corrected chi connectivity index (χ2v) is 7.74. The van der Waals surface area contributed by atoms with Crippen molar-refractivity contribution in [2.24, 2.45) is 11.8 Å². The van der Waals surface area contributed by atoms with Crippen molar-refractivity contribution in [2.45, 2.75) is 38.5 Å². The molecule has 3 nitrogen and oxygen atoms in total. The quantitative estimate of drug-likeness (QED) is 0.653. The number of Topliss-reactive ketones (excluding diaryl/α,β-unsaturated/α-hetero) is 2. The van der Waals surface area contributed by atoms with E-state index >= 15 is 0 Å². The molecule has 2 aromatic carbocycles. The molecule has 0 spiro atoms. The highest BCUT2D eigenvalue weighted by Gasteiger charge is 2.47. The van der Waals surface area contributed by atoms with Crippen molar-refractivity contribution in [1.29, 1.82) is 0 Å². The van der Waals surface area contributed by atoms with E-state index in [2.05, 4.69) is 0 Å². The standard InChI is InChI=1S/C22H20ClFO3/c1-2-12-5-6-15(27-16-7-8-19(24)18(23)11-16)10-17(12)20-21(25)13-3-4-14(9-13)22(20)26/h5-8,10-11,13-14,20H,2-4,9H2,1H3/t13-,14+,20?. The third kappa shape index (κ3) is 3.27. The van der Waals surface area contributed by atoms with Crippen molar-refractivity contribution in [3.63, 3.8) is 0 Å². The lowest BCUT2D eigenvalue weighted by Gasteiger charge is -2.27. The first kappa shape index (κ1) is 18.2. The number of aryl methyl sites for hydroxylation is 1. The molecule has 140 valence electrons. The van der Waals surface area contributed by atoms with Gasteiger partial charge in [0.2, 0.25) is 0 Å². The summed E-state index contributed by atoms with van der Waals surface area (Å²) in [5, 5.41) is -0.0212. The van der Waals surface area contributed by atoms with Crippen LogP contribution >= 0.6 is 11.6 Å². The number of carbonyl (C=O) groups is 2. The molecule has 5 heteroatoms. The summed E-state index contributed by atoms with van der Waals surface area (Å²) in [5.74, 6) is -0.200. The average Bonchev–Trinajstić information content (AvgIpc) is 3.11. The summed E-state index contributed by atoms with van der Waals surface area (Å²) in [5.41, 5.74) is 1.72. The van der Waals surface area contributed by atoms with Gasteiger partial charge in [0.1, 0.15) is 23.2 Å². The summed E-state index contributed by atoms with van der Waals surface area (Å²) >= 11 is 5.81. The van der Waals surface area contributed by atoms with Crippen LogP contribution in [0.5, 0.6) is 11.5 Å². The van der Waals surface area contributed by atoms with E-state index in [1.54, 1.807) is 12.1 Å². The van der Waals surface area contributed by atoms with Crippen molar-refractivity contribution in [3.05, 3.63) is 58.4 Å². The second kappa shape index (κ2) is 7.08. The molecule has 2 aliphatic rings. The Balaban J connectivity index is 1.70. The summed E-state index contributed by atoms with van der Waals surface area (Å²) in [6.45, 7) is 2.01. The van der Waals surface area contributed by atoms with Gasteiger partial charge in [0.15, 0.2) is 11.6 Å². The van der Waals surface area contributed by atoms with Crippen molar-refractivity contribution in [3.8, 4) is 11.5 Å². The van der Waals surface area contributed by atoms with Crippen molar-refractivity contribution in [2.75, 3.05) is 0 Å². The van der Waals surface area contributed by atoms with Gasteiger partial charge in [-0.15, -0.1) is 0 Å². The van der Waals surface area contributed by atoms with Crippen LogP contribution < -0.4 is 4.74 Å². The zero-order valence-electron chi connectivity index (χ0n) is 15.0. The van der Waals surface area contributed by atoms with Crippen LogP contribution in [-0.4, -0.2) is 11.6 Å². The van der Waals surface area contributed by atoms with Gasteiger partial charge in [0.25, 0.3) is 0 Å². The molecule has 0 N–H and O–H groups in total. The molecular weight excluding hydrogens is 367 g/mol. The number of ketones is 2. The second-order valence-electron chi connectivity index (χ2n) is 7.34. The first-order chi connectivity index (χ1) is 13.0. The number of fused-ring (bicyclic) bond motifs is 2. The number of carbonyl (C=O) groups excluding carboxylic acids is 2. The molecule has 4 rings (SSSR count). The molecule has 27 heavy (non-hydrogen) atoms.